The number of anilines is 1. The number of halogens is 2. The summed E-state index contributed by atoms with van der Waals surface area (Å²) < 4.78 is 114. The van der Waals surface area contributed by atoms with Gasteiger partial charge in [0.15, 0.2) is 41.8 Å². The number of nitrogens with one attached hydrogen (secondary N) is 1. The van der Waals surface area contributed by atoms with Crippen molar-refractivity contribution in [2.75, 3.05) is 45.5 Å². The Morgan fingerprint density at radius 3 is 2.24 bits per heavy atom. The predicted molar refractivity (Wildman–Crippen MR) is 223 cm³/mol. The quantitative estimate of drug-likeness (QED) is 0.0406. The lowest BCUT2D eigenvalue weighted by Gasteiger charge is -2.27. The highest BCUT2D eigenvalue weighted by Gasteiger charge is 2.54. The van der Waals surface area contributed by atoms with Crippen molar-refractivity contribution in [2.24, 2.45) is 0 Å². The van der Waals surface area contributed by atoms with Gasteiger partial charge >= 0.3 is 21.6 Å². The van der Waals surface area contributed by atoms with Crippen LogP contribution in [-0.4, -0.2) is 128 Å². The third-order valence-electron chi connectivity index (χ3n) is 9.94. The average molecular weight is 973 g/mol. The van der Waals surface area contributed by atoms with E-state index in [0.717, 1.165) is 29.0 Å². The Labute approximate surface area is 378 Å². The van der Waals surface area contributed by atoms with Gasteiger partial charge in [0, 0.05) is 5.56 Å². The number of nitriles is 2. The number of phosphoric acid groups is 2. The number of esters is 1. The number of fused-ring (bicyclic) bond motifs is 2. The molecule has 0 bridgehead atoms. The number of aromatic nitrogens is 7. The van der Waals surface area contributed by atoms with Crippen molar-refractivity contribution in [1.29, 1.82) is 10.5 Å². The first-order valence-corrected chi connectivity index (χ1v) is 23.0. The van der Waals surface area contributed by atoms with Crippen LogP contribution < -0.4 is 5.32 Å². The minimum Gasteiger partial charge on any atom is -0.465 e. The van der Waals surface area contributed by atoms with Gasteiger partial charge in [0.1, 0.15) is 36.3 Å². The van der Waals surface area contributed by atoms with Crippen LogP contribution >= 0.6 is 15.6 Å². The Morgan fingerprint density at radius 2 is 1.57 bits per heavy atom. The number of carbonyl (C=O) groups is 2. The summed E-state index contributed by atoms with van der Waals surface area (Å²) in [6, 6.07) is 16.1. The van der Waals surface area contributed by atoms with Gasteiger partial charge in [0.2, 0.25) is 0 Å². The zero-order valence-electron chi connectivity index (χ0n) is 35.1. The second-order valence-corrected chi connectivity index (χ2v) is 17.4. The number of alkyl halides is 2. The van der Waals surface area contributed by atoms with Crippen molar-refractivity contribution in [1.82, 2.24) is 34.5 Å². The summed E-state index contributed by atoms with van der Waals surface area (Å²) in [4.78, 5) is 38.0. The normalized spacial score (nSPS) is 24.4. The van der Waals surface area contributed by atoms with Crippen LogP contribution in [-0.2, 0) is 50.5 Å². The first kappa shape index (κ1) is 48.9. The summed E-state index contributed by atoms with van der Waals surface area (Å²) in [7, 11) is -8.75. The van der Waals surface area contributed by atoms with Crippen molar-refractivity contribution < 1.29 is 74.0 Å². The molecule has 67 heavy (non-hydrogen) atoms. The lowest BCUT2D eigenvalue weighted by molar-refractivity contribution is -0.0606. The van der Waals surface area contributed by atoms with E-state index in [-0.39, 0.29) is 46.4 Å². The van der Waals surface area contributed by atoms with Gasteiger partial charge in [-0.1, -0.05) is 35.6 Å². The van der Waals surface area contributed by atoms with Gasteiger partial charge < -0.3 is 24.6 Å². The van der Waals surface area contributed by atoms with Crippen LogP contribution in [0.4, 0.5) is 14.6 Å². The monoisotopic (exact) mass is 972 g/mol. The van der Waals surface area contributed by atoms with Crippen molar-refractivity contribution in [3.63, 3.8) is 0 Å². The molecule has 24 nitrogen and oxygen atoms in total. The molecular formula is C39H40F2N10O14P2. The van der Waals surface area contributed by atoms with E-state index in [2.05, 4.69) is 37.2 Å². The molecule has 7 rings (SSSR count). The van der Waals surface area contributed by atoms with Crippen LogP contribution in [0.2, 0.25) is 0 Å². The summed E-state index contributed by atoms with van der Waals surface area (Å²) in [6.45, 7) is 0.0984. The summed E-state index contributed by atoms with van der Waals surface area (Å²) in [5, 5.41) is 39.1. The number of nitrogens with zero attached hydrogens (tertiary/aromatic N) is 9. The summed E-state index contributed by atoms with van der Waals surface area (Å²) in [6.07, 6.45) is -12.5. The molecule has 0 saturated carbocycles. The topological polar surface area (TPSA) is 306 Å². The highest BCUT2D eigenvalue weighted by Crippen LogP contribution is 2.57. The predicted octanol–water partition coefficient (Wildman–Crippen LogP) is 4.84. The molecule has 2 saturated heterocycles. The lowest BCUT2D eigenvalue weighted by Crippen LogP contribution is -2.36. The molecule has 354 valence electrons. The molecular weight excluding hydrogens is 932 g/mol. The molecule has 5 heterocycles. The van der Waals surface area contributed by atoms with Gasteiger partial charge in [0.25, 0.3) is 5.91 Å². The van der Waals surface area contributed by atoms with Crippen molar-refractivity contribution in [2.45, 2.75) is 62.1 Å². The van der Waals surface area contributed by atoms with E-state index < -0.39 is 110 Å². The first-order valence-electron chi connectivity index (χ1n) is 20.0. The molecule has 3 aromatic heterocycles. The van der Waals surface area contributed by atoms with Crippen LogP contribution in [0.3, 0.4) is 0 Å². The number of aliphatic hydroxyl groups is 1. The zero-order chi connectivity index (χ0) is 47.7. The van der Waals surface area contributed by atoms with E-state index >= 15 is 8.78 Å². The van der Waals surface area contributed by atoms with E-state index in [1.165, 1.54) is 24.3 Å². The lowest BCUT2D eigenvalue weighted by atomic mass is 10.1. The molecule has 0 spiro atoms. The third-order valence-corrected chi connectivity index (χ3v) is 12.9. The smallest absolute Gasteiger partial charge is 0.465 e. The molecule has 2 aliphatic heterocycles. The largest absolute Gasteiger partial charge is 0.475 e. The van der Waals surface area contributed by atoms with Crippen molar-refractivity contribution in [3.8, 4) is 12.1 Å². The van der Waals surface area contributed by atoms with Crippen LogP contribution in [0.1, 0.15) is 46.0 Å². The van der Waals surface area contributed by atoms with Gasteiger partial charge in [-0.05, 0) is 24.3 Å². The Kier molecular flexibility index (Phi) is 15.9. The number of rotatable bonds is 22. The zero-order valence-corrected chi connectivity index (χ0v) is 36.8. The molecule has 2 unspecified atom stereocenters. The number of methoxy groups -OCH3 is 1. The van der Waals surface area contributed by atoms with E-state index in [4.69, 9.17) is 46.6 Å². The maximum atomic E-state index is 17.0. The van der Waals surface area contributed by atoms with Crippen molar-refractivity contribution in [3.05, 3.63) is 85.0 Å². The van der Waals surface area contributed by atoms with Crippen LogP contribution in [0.25, 0.3) is 22.2 Å². The number of aliphatic hydroxyl groups excluding tert-OH is 1. The SMILES string of the molecule is C=CCOP(=O)(OCCC#N)O[C@H]1[C@@H](F)[C@H](n2cnc3c(NC(=O)c4ccccc4)ncnc32)O[C@@H]1COP(=O)(OCCC#N)O[C@H]1[C@@H](F)[C@H](n2nnc3c(C(=O)OC)cccc32)O[C@@H]1CO. The average Bonchev–Trinajstić information content (AvgIpc) is 4.11. The van der Waals surface area contributed by atoms with E-state index in [9.17, 15) is 29.1 Å². The van der Waals surface area contributed by atoms with Crippen LogP contribution in [0.5, 0.6) is 0 Å². The Bertz CT molecular complexity index is 2760. The van der Waals surface area contributed by atoms with E-state index in [1.807, 2.05) is 0 Å². The van der Waals surface area contributed by atoms with Crippen LogP contribution in [0, 0.1) is 22.7 Å². The molecule has 2 aliphatic rings. The number of phosphoric ester groups is 2. The molecule has 2 N–H and O–H groups in total. The second-order valence-electron chi connectivity index (χ2n) is 14.2. The fourth-order valence-corrected chi connectivity index (χ4v) is 9.62. The molecule has 0 radical (unpaired) electrons. The number of imidazole rings is 1. The summed E-state index contributed by atoms with van der Waals surface area (Å²) >= 11 is 0. The molecule has 2 aromatic carbocycles. The highest BCUT2D eigenvalue weighted by molar-refractivity contribution is 7.48. The van der Waals surface area contributed by atoms with Crippen LogP contribution in [0.15, 0.2) is 73.8 Å². The molecule has 28 heteroatoms. The fraction of sp³-hybridized carbons (Fsp3) is 0.410. The standard InChI is InChI=1S/C39H40F2N10O14P2/c1-3-16-58-66(55,59-17-8-14-42)65-33-27(63-37(28(33)40)50-22-46-31-34(44-21-45-35(31)50)47-36(53)23-10-5-4-6-11-23)20-61-67(56,60-18-9-15-43)64-32-26(19-52)62-38(29(32)41)51-25-13-7-12-24(39(54)57-2)30(25)48-49-51/h3-7,10-13,21-22,26-29,32-33,37-38,52H,1,8-9,16-20H2,2H3,(H,44,45,47,53)/t26-,27-,28-,29-,32-,33-,37-,38-,66?,67?/m1/s1. The molecule has 2 fully saturated rings. The Balaban J connectivity index is 1.17. The molecule has 0 aliphatic carbocycles. The minimum absolute atomic E-state index is 0.00228. The maximum Gasteiger partial charge on any atom is 0.475 e. The third kappa shape index (κ3) is 10.8. The van der Waals surface area contributed by atoms with Gasteiger partial charge in [0.05, 0.1) is 82.5 Å². The fourth-order valence-electron chi connectivity index (χ4n) is 6.88. The highest BCUT2D eigenvalue weighted by atomic mass is 31.2. The minimum atomic E-state index is -5.12. The van der Waals surface area contributed by atoms with E-state index in [0.29, 0.717) is 5.56 Å². The molecule has 5 aromatic rings. The first-order chi connectivity index (χ1) is 32.4. The Hall–Kier alpha value is -5.99. The van der Waals surface area contributed by atoms with Gasteiger partial charge in [-0.15, -0.1) is 11.7 Å². The maximum absolute atomic E-state index is 17.0. The molecule has 1 amide bonds. The van der Waals surface area contributed by atoms with Gasteiger partial charge in [-0.3, -0.25) is 36.5 Å². The summed E-state index contributed by atoms with van der Waals surface area (Å²) in [5.41, 5.74) is 0.399. The second kappa shape index (κ2) is 21.8. The number of hydrogen-bond donors (Lipinski definition) is 2. The van der Waals surface area contributed by atoms with E-state index in [1.54, 1.807) is 42.5 Å². The van der Waals surface area contributed by atoms with Gasteiger partial charge in [-0.25, -0.2) is 42.3 Å². The number of ether oxygens (including phenoxy) is 3. The van der Waals surface area contributed by atoms with Gasteiger partial charge in [-0.2, -0.15) is 10.5 Å². The number of amides is 1. The number of carbonyl (C=O) groups excluding carboxylic acids is 2. The number of hydrogen-bond acceptors (Lipinski definition) is 21. The summed E-state index contributed by atoms with van der Waals surface area (Å²) in [5.74, 6) is -1.34. The Morgan fingerprint density at radius 1 is 0.896 bits per heavy atom. The van der Waals surface area contributed by atoms with Crippen molar-refractivity contribution >= 4 is 55.5 Å². The number of benzene rings is 2. The molecule has 10 atom stereocenters.